The molecule has 2 aromatic rings. The molecule has 0 aliphatic heterocycles. The normalized spacial score (nSPS) is 10.9. The van der Waals surface area contributed by atoms with E-state index in [4.69, 9.17) is 0 Å². The van der Waals surface area contributed by atoms with E-state index < -0.39 is 17.6 Å². The fourth-order valence-electron chi connectivity index (χ4n) is 2.15. The van der Waals surface area contributed by atoms with Crippen LogP contribution in [0.1, 0.15) is 15.9 Å². The summed E-state index contributed by atoms with van der Waals surface area (Å²) in [6.07, 6.45) is -2.90. The number of alkyl halides is 3. The second kappa shape index (κ2) is 9.27. The van der Waals surface area contributed by atoms with Gasteiger partial charge < -0.3 is 10.6 Å². The number of amides is 2. The summed E-state index contributed by atoms with van der Waals surface area (Å²) >= 11 is 0.980. The summed E-state index contributed by atoms with van der Waals surface area (Å²) in [5, 5.41) is 5.23. The molecule has 2 amide bonds. The highest BCUT2D eigenvalue weighted by Gasteiger charge is 2.30. The van der Waals surface area contributed by atoms with Gasteiger partial charge in [0.25, 0.3) is 5.91 Å². The second-order valence-corrected chi connectivity index (χ2v) is 6.46. The molecule has 2 N–H and O–H groups in total. The van der Waals surface area contributed by atoms with Gasteiger partial charge in [0.05, 0.1) is 22.6 Å². The molecule has 0 atom stereocenters. The molecule has 2 rings (SSSR count). The van der Waals surface area contributed by atoms with Crippen molar-refractivity contribution in [3.8, 4) is 0 Å². The van der Waals surface area contributed by atoms with Crippen LogP contribution in [0, 0.1) is 0 Å². The third kappa shape index (κ3) is 6.18. The maximum atomic E-state index is 12.7. The van der Waals surface area contributed by atoms with Gasteiger partial charge in [-0.05, 0) is 30.3 Å². The van der Waals surface area contributed by atoms with Crippen LogP contribution >= 0.6 is 11.8 Å². The summed E-state index contributed by atoms with van der Waals surface area (Å²) in [4.78, 5) is 24.6. The van der Waals surface area contributed by atoms with E-state index in [1.54, 1.807) is 24.3 Å². The van der Waals surface area contributed by atoms with Gasteiger partial charge in [-0.3, -0.25) is 9.59 Å². The van der Waals surface area contributed by atoms with Crippen LogP contribution in [0.5, 0.6) is 0 Å². The minimum Gasteiger partial charge on any atom is -0.349 e. The maximum absolute atomic E-state index is 12.7. The number of hydrogen-bond acceptors (Lipinski definition) is 3. The fourth-order valence-corrected chi connectivity index (χ4v) is 2.90. The van der Waals surface area contributed by atoms with E-state index in [2.05, 4.69) is 17.2 Å². The highest BCUT2D eigenvalue weighted by atomic mass is 32.2. The summed E-state index contributed by atoms with van der Waals surface area (Å²) in [5.74, 6) is -0.887. The van der Waals surface area contributed by atoms with Gasteiger partial charge in [0, 0.05) is 11.4 Å². The smallest absolute Gasteiger partial charge is 0.349 e. The zero-order valence-corrected chi connectivity index (χ0v) is 15.0. The molecule has 27 heavy (non-hydrogen) atoms. The van der Waals surface area contributed by atoms with Gasteiger partial charge in [-0.1, -0.05) is 24.3 Å². The molecular weight excluding hydrogens is 377 g/mol. The van der Waals surface area contributed by atoms with Gasteiger partial charge in [-0.2, -0.15) is 13.2 Å². The van der Waals surface area contributed by atoms with Crippen LogP contribution in [-0.2, 0) is 11.0 Å². The SMILES string of the molecule is C=CCNC(=O)c1ccccc1NC(=O)CSc1cccc(C(F)(F)F)c1. The maximum Gasteiger partial charge on any atom is 0.416 e. The summed E-state index contributed by atoms with van der Waals surface area (Å²) in [7, 11) is 0. The number of para-hydroxylation sites is 1. The number of thioether (sulfide) groups is 1. The lowest BCUT2D eigenvalue weighted by molar-refractivity contribution is -0.137. The van der Waals surface area contributed by atoms with Crippen LogP contribution in [0.2, 0.25) is 0 Å². The lowest BCUT2D eigenvalue weighted by Crippen LogP contribution is -2.25. The average molecular weight is 394 g/mol. The molecule has 4 nitrogen and oxygen atoms in total. The van der Waals surface area contributed by atoms with Gasteiger partial charge in [0.15, 0.2) is 0 Å². The quantitative estimate of drug-likeness (QED) is 0.542. The van der Waals surface area contributed by atoms with Crippen molar-refractivity contribution in [3.05, 3.63) is 72.3 Å². The van der Waals surface area contributed by atoms with Crippen molar-refractivity contribution in [2.24, 2.45) is 0 Å². The summed E-state index contributed by atoms with van der Waals surface area (Å²) in [6.45, 7) is 3.80. The molecule has 142 valence electrons. The number of carbonyl (C=O) groups excluding carboxylic acids is 2. The van der Waals surface area contributed by atoms with Gasteiger partial charge in [-0.15, -0.1) is 18.3 Å². The van der Waals surface area contributed by atoms with E-state index >= 15 is 0 Å². The summed E-state index contributed by atoms with van der Waals surface area (Å²) in [6, 6.07) is 11.2. The first-order valence-electron chi connectivity index (χ1n) is 7.89. The third-order valence-corrected chi connectivity index (χ3v) is 4.38. The predicted octanol–water partition coefficient (Wildman–Crippen LogP) is 4.35. The van der Waals surface area contributed by atoms with Gasteiger partial charge in [0.1, 0.15) is 0 Å². The first-order valence-corrected chi connectivity index (χ1v) is 8.88. The first-order chi connectivity index (χ1) is 12.8. The van der Waals surface area contributed by atoms with Crippen LogP contribution in [-0.4, -0.2) is 24.1 Å². The monoisotopic (exact) mass is 394 g/mol. The Morgan fingerprint density at radius 1 is 1.11 bits per heavy atom. The van der Waals surface area contributed by atoms with E-state index in [1.165, 1.54) is 18.2 Å². The Morgan fingerprint density at radius 3 is 2.56 bits per heavy atom. The Balaban J connectivity index is 2.01. The van der Waals surface area contributed by atoms with Crippen molar-refractivity contribution in [1.82, 2.24) is 5.32 Å². The Kier molecular flexibility index (Phi) is 7.06. The number of nitrogens with one attached hydrogen (secondary N) is 2. The second-order valence-electron chi connectivity index (χ2n) is 5.41. The minimum absolute atomic E-state index is 0.0933. The molecule has 0 aromatic heterocycles. The standard InChI is InChI=1S/C19H17F3N2O2S/c1-2-10-23-18(26)15-8-3-4-9-16(15)24-17(25)12-27-14-7-5-6-13(11-14)19(20,21)22/h2-9,11H,1,10,12H2,(H,23,26)(H,24,25). The number of rotatable bonds is 7. The summed E-state index contributed by atoms with van der Waals surface area (Å²) in [5.41, 5.74) is -0.150. The lowest BCUT2D eigenvalue weighted by Gasteiger charge is -2.11. The topological polar surface area (TPSA) is 58.2 Å². The van der Waals surface area contributed by atoms with E-state index in [9.17, 15) is 22.8 Å². The number of benzene rings is 2. The fraction of sp³-hybridized carbons (Fsp3) is 0.158. The molecule has 0 unspecified atom stereocenters. The number of carbonyl (C=O) groups is 2. The van der Waals surface area contributed by atoms with Crippen molar-refractivity contribution in [3.63, 3.8) is 0 Å². The van der Waals surface area contributed by atoms with E-state index in [0.29, 0.717) is 10.6 Å². The zero-order valence-electron chi connectivity index (χ0n) is 14.2. The largest absolute Gasteiger partial charge is 0.416 e. The van der Waals surface area contributed by atoms with Crippen molar-refractivity contribution in [2.45, 2.75) is 11.1 Å². The van der Waals surface area contributed by atoms with Crippen LogP contribution in [0.4, 0.5) is 18.9 Å². The molecule has 0 radical (unpaired) electrons. The summed E-state index contributed by atoms with van der Waals surface area (Å²) < 4.78 is 38.2. The average Bonchev–Trinajstić information content (AvgIpc) is 2.64. The third-order valence-electron chi connectivity index (χ3n) is 3.38. The van der Waals surface area contributed by atoms with Crippen molar-refractivity contribution < 1.29 is 22.8 Å². The molecule has 2 aromatic carbocycles. The number of anilines is 1. The molecule has 0 bridgehead atoms. The van der Waals surface area contributed by atoms with Crippen molar-refractivity contribution in [2.75, 3.05) is 17.6 Å². The van der Waals surface area contributed by atoms with Crippen LogP contribution in [0.15, 0.2) is 66.1 Å². The molecule has 0 saturated heterocycles. The number of halogens is 3. The molecule has 0 aliphatic rings. The van der Waals surface area contributed by atoms with Gasteiger partial charge in [-0.25, -0.2) is 0 Å². The highest BCUT2D eigenvalue weighted by Crippen LogP contribution is 2.31. The van der Waals surface area contributed by atoms with Crippen LogP contribution in [0.3, 0.4) is 0 Å². The van der Waals surface area contributed by atoms with Gasteiger partial charge in [0.2, 0.25) is 5.91 Å². The molecule has 8 heteroatoms. The molecular formula is C19H17F3N2O2S. The minimum atomic E-state index is -4.43. The lowest BCUT2D eigenvalue weighted by atomic mass is 10.1. The van der Waals surface area contributed by atoms with Crippen molar-refractivity contribution in [1.29, 1.82) is 0 Å². The van der Waals surface area contributed by atoms with E-state index in [1.807, 2.05) is 0 Å². The Bertz CT molecular complexity index is 838. The predicted molar refractivity (Wildman–Crippen MR) is 99.8 cm³/mol. The van der Waals surface area contributed by atoms with Crippen LogP contribution in [0.25, 0.3) is 0 Å². The molecule has 0 aliphatic carbocycles. The molecule has 0 fully saturated rings. The molecule has 0 heterocycles. The van der Waals surface area contributed by atoms with Gasteiger partial charge >= 0.3 is 6.18 Å². The Labute approximate surface area is 158 Å². The Morgan fingerprint density at radius 2 is 1.85 bits per heavy atom. The molecule has 0 spiro atoms. The van der Waals surface area contributed by atoms with E-state index in [0.717, 1.165) is 23.9 Å². The zero-order chi connectivity index (χ0) is 19.9. The molecule has 0 saturated carbocycles. The highest BCUT2D eigenvalue weighted by molar-refractivity contribution is 8.00. The van der Waals surface area contributed by atoms with Crippen LogP contribution < -0.4 is 10.6 Å². The van der Waals surface area contributed by atoms with Crippen molar-refractivity contribution >= 4 is 29.3 Å². The number of hydrogen-bond donors (Lipinski definition) is 2. The first kappa shape index (κ1) is 20.6. The van der Waals surface area contributed by atoms with E-state index in [-0.39, 0.29) is 23.8 Å². The Hall–Kier alpha value is -2.74.